The Balaban J connectivity index is 1.36. The van der Waals surface area contributed by atoms with Gasteiger partial charge in [0.05, 0.1) is 17.0 Å². The maximum absolute atomic E-state index is 12.9. The molecular formula is C21H21ClN4O4S2. The first-order chi connectivity index (χ1) is 15.4. The molecule has 2 aromatic carbocycles. The number of ether oxygens (including phenoxy) is 1. The number of nitrogens with zero attached hydrogens (tertiary/aromatic N) is 3. The largest absolute Gasteiger partial charge is 0.497 e. The van der Waals surface area contributed by atoms with Crippen LogP contribution in [-0.4, -0.2) is 49.0 Å². The van der Waals surface area contributed by atoms with Crippen LogP contribution in [0.15, 0.2) is 53.4 Å². The summed E-state index contributed by atoms with van der Waals surface area (Å²) in [6.07, 6.45) is 0.856. The molecule has 0 radical (unpaired) electrons. The molecule has 1 N–H and O–H groups in total. The minimum Gasteiger partial charge on any atom is -0.497 e. The zero-order valence-corrected chi connectivity index (χ0v) is 19.6. The van der Waals surface area contributed by atoms with Gasteiger partial charge in [-0.1, -0.05) is 41.1 Å². The summed E-state index contributed by atoms with van der Waals surface area (Å²) < 4.78 is 32.2. The average Bonchev–Trinajstić information content (AvgIpc) is 3.27. The van der Waals surface area contributed by atoms with Crippen molar-refractivity contribution in [1.82, 2.24) is 14.5 Å². The fraction of sp³-hybridized carbons (Fsp3) is 0.286. The third-order valence-electron chi connectivity index (χ3n) is 5.28. The van der Waals surface area contributed by atoms with Gasteiger partial charge in [0.25, 0.3) is 0 Å². The van der Waals surface area contributed by atoms with E-state index in [-0.39, 0.29) is 29.8 Å². The van der Waals surface area contributed by atoms with Crippen LogP contribution in [0, 0.1) is 5.92 Å². The number of methoxy groups -OCH3 is 1. The third-order valence-corrected chi connectivity index (χ3v) is 8.40. The van der Waals surface area contributed by atoms with E-state index in [9.17, 15) is 13.2 Å². The minimum absolute atomic E-state index is 0.187. The number of benzene rings is 2. The van der Waals surface area contributed by atoms with E-state index in [2.05, 4.69) is 15.5 Å². The molecule has 0 unspecified atom stereocenters. The van der Waals surface area contributed by atoms with E-state index in [4.69, 9.17) is 16.3 Å². The summed E-state index contributed by atoms with van der Waals surface area (Å²) in [6.45, 7) is 0.543. The number of piperidine rings is 1. The number of hydrogen-bond acceptors (Lipinski definition) is 7. The second kappa shape index (κ2) is 9.53. The van der Waals surface area contributed by atoms with Gasteiger partial charge in [-0.05, 0) is 43.2 Å². The highest BCUT2D eigenvalue weighted by atomic mass is 35.5. The molecular weight excluding hydrogens is 472 g/mol. The number of halogens is 1. The lowest BCUT2D eigenvalue weighted by Gasteiger charge is -2.30. The molecule has 11 heteroatoms. The van der Waals surface area contributed by atoms with Crippen LogP contribution in [0.1, 0.15) is 12.8 Å². The van der Waals surface area contributed by atoms with Crippen molar-refractivity contribution in [3.63, 3.8) is 0 Å². The predicted octanol–water partition coefficient (Wildman–Crippen LogP) is 3.91. The van der Waals surface area contributed by atoms with Crippen molar-refractivity contribution < 1.29 is 17.9 Å². The van der Waals surface area contributed by atoms with Gasteiger partial charge in [0.1, 0.15) is 5.75 Å². The molecule has 2 heterocycles. The molecule has 4 rings (SSSR count). The highest BCUT2D eigenvalue weighted by molar-refractivity contribution is 7.89. The summed E-state index contributed by atoms with van der Waals surface area (Å²) in [6, 6.07) is 13.6. The lowest BCUT2D eigenvalue weighted by atomic mass is 9.97. The summed E-state index contributed by atoms with van der Waals surface area (Å²) in [5.74, 6) is 0.104. The number of carbonyl (C=O) groups is 1. The van der Waals surface area contributed by atoms with Crippen LogP contribution in [0.5, 0.6) is 5.75 Å². The fourth-order valence-corrected chi connectivity index (χ4v) is 6.02. The first kappa shape index (κ1) is 22.7. The first-order valence-electron chi connectivity index (χ1n) is 9.92. The maximum Gasteiger partial charge on any atom is 0.243 e. The molecule has 8 nitrogen and oxygen atoms in total. The fourth-order valence-electron chi connectivity index (χ4n) is 3.48. The quantitative estimate of drug-likeness (QED) is 0.559. The summed E-state index contributed by atoms with van der Waals surface area (Å²) in [4.78, 5) is 12.9. The highest BCUT2D eigenvalue weighted by Crippen LogP contribution is 2.32. The third kappa shape index (κ3) is 4.78. The van der Waals surface area contributed by atoms with Crippen LogP contribution in [0.4, 0.5) is 5.13 Å². The maximum atomic E-state index is 12.9. The van der Waals surface area contributed by atoms with Crippen molar-refractivity contribution in [3.05, 3.63) is 53.6 Å². The van der Waals surface area contributed by atoms with Crippen LogP contribution in [0.25, 0.3) is 10.6 Å². The van der Waals surface area contributed by atoms with Gasteiger partial charge < -0.3 is 10.1 Å². The van der Waals surface area contributed by atoms with Gasteiger partial charge >= 0.3 is 0 Å². The van der Waals surface area contributed by atoms with E-state index in [1.54, 1.807) is 18.2 Å². The Kier molecular flexibility index (Phi) is 6.75. The lowest BCUT2D eigenvalue weighted by Crippen LogP contribution is -2.41. The van der Waals surface area contributed by atoms with Crippen molar-refractivity contribution in [2.45, 2.75) is 17.7 Å². The predicted molar refractivity (Wildman–Crippen MR) is 123 cm³/mol. The van der Waals surface area contributed by atoms with Gasteiger partial charge in [-0.25, -0.2) is 8.42 Å². The number of amides is 1. The van der Waals surface area contributed by atoms with E-state index in [0.29, 0.717) is 33.8 Å². The standard InChI is InChI=1S/C21H21ClN4O4S2/c1-30-15-6-8-16(9-7-15)32(28,29)26-12-10-14(11-13-26)19(27)23-21-25-24-20(31-21)17-4-2-3-5-18(17)22/h2-9,14H,10-13H2,1H3,(H,23,25,27). The molecule has 1 saturated heterocycles. The van der Waals surface area contributed by atoms with Gasteiger partial charge in [0.2, 0.25) is 21.1 Å². The average molecular weight is 493 g/mol. The zero-order valence-electron chi connectivity index (χ0n) is 17.2. The summed E-state index contributed by atoms with van der Waals surface area (Å²) in [5.41, 5.74) is 0.754. The van der Waals surface area contributed by atoms with Crippen molar-refractivity contribution in [3.8, 4) is 16.3 Å². The highest BCUT2D eigenvalue weighted by Gasteiger charge is 2.32. The monoisotopic (exact) mass is 492 g/mol. The van der Waals surface area contributed by atoms with Crippen LogP contribution >= 0.6 is 22.9 Å². The molecule has 0 aliphatic carbocycles. The first-order valence-corrected chi connectivity index (χ1v) is 12.6. The van der Waals surface area contributed by atoms with Crippen LogP contribution < -0.4 is 10.1 Å². The van der Waals surface area contributed by atoms with E-state index < -0.39 is 10.0 Å². The Hall–Kier alpha value is -2.53. The van der Waals surface area contributed by atoms with E-state index in [1.165, 1.54) is 34.9 Å². The number of carbonyl (C=O) groups excluding carboxylic acids is 1. The Morgan fingerprint density at radius 2 is 1.81 bits per heavy atom. The number of hydrogen-bond donors (Lipinski definition) is 1. The van der Waals surface area contributed by atoms with Crippen molar-refractivity contribution in [2.24, 2.45) is 5.92 Å². The summed E-state index contributed by atoms with van der Waals surface area (Å²) in [7, 11) is -2.09. The molecule has 3 aromatic rings. The van der Waals surface area contributed by atoms with Crippen molar-refractivity contribution in [1.29, 1.82) is 0 Å². The molecule has 1 fully saturated rings. The summed E-state index contributed by atoms with van der Waals surface area (Å²) >= 11 is 7.44. The molecule has 32 heavy (non-hydrogen) atoms. The normalized spacial score (nSPS) is 15.4. The van der Waals surface area contributed by atoms with E-state index in [1.807, 2.05) is 18.2 Å². The second-order valence-electron chi connectivity index (χ2n) is 7.24. The number of rotatable bonds is 6. The molecule has 0 spiro atoms. The van der Waals surface area contributed by atoms with Crippen LogP contribution in [-0.2, 0) is 14.8 Å². The van der Waals surface area contributed by atoms with Crippen LogP contribution in [0.2, 0.25) is 5.02 Å². The molecule has 1 aromatic heterocycles. The van der Waals surface area contributed by atoms with Gasteiger partial charge in [0, 0.05) is 24.6 Å². The van der Waals surface area contributed by atoms with Gasteiger partial charge in [-0.2, -0.15) is 4.31 Å². The topological polar surface area (TPSA) is 101 Å². The second-order valence-corrected chi connectivity index (χ2v) is 10.6. The number of anilines is 1. The summed E-state index contributed by atoms with van der Waals surface area (Å²) in [5, 5.41) is 12.5. The SMILES string of the molecule is COc1ccc(S(=O)(=O)N2CCC(C(=O)Nc3nnc(-c4ccccc4Cl)s3)CC2)cc1. The zero-order chi connectivity index (χ0) is 22.7. The molecule has 0 bridgehead atoms. The Morgan fingerprint density at radius 1 is 1.12 bits per heavy atom. The van der Waals surface area contributed by atoms with Gasteiger partial charge in [-0.15, -0.1) is 10.2 Å². The molecule has 0 saturated carbocycles. The van der Waals surface area contributed by atoms with Gasteiger partial charge in [-0.3, -0.25) is 4.79 Å². The molecule has 0 atom stereocenters. The van der Waals surface area contributed by atoms with Gasteiger partial charge in [0.15, 0.2) is 5.01 Å². The number of nitrogens with one attached hydrogen (secondary N) is 1. The van der Waals surface area contributed by atoms with E-state index in [0.717, 1.165) is 5.56 Å². The Bertz CT molecular complexity index is 1210. The molecule has 1 aliphatic heterocycles. The Morgan fingerprint density at radius 3 is 2.47 bits per heavy atom. The molecule has 1 aliphatic rings. The van der Waals surface area contributed by atoms with E-state index >= 15 is 0 Å². The number of sulfonamides is 1. The number of aromatic nitrogens is 2. The van der Waals surface area contributed by atoms with Crippen LogP contribution in [0.3, 0.4) is 0 Å². The molecule has 1 amide bonds. The van der Waals surface area contributed by atoms with Crippen molar-refractivity contribution in [2.75, 3.05) is 25.5 Å². The lowest BCUT2D eigenvalue weighted by molar-refractivity contribution is -0.120. The smallest absolute Gasteiger partial charge is 0.243 e. The minimum atomic E-state index is -3.61. The Labute approximate surface area is 195 Å². The van der Waals surface area contributed by atoms with Crippen molar-refractivity contribution >= 4 is 44.0 Å². The molecule has 168 valence electrons.